The molecule has 1 aliphatic carbocycles. The van der Waals surface area contributed by atoms with Crippen LogP contribution in [-0.4, -0.2) is 5.78 Å². The molecule has 0 bridgehead atoms. The molecule has 1 aromatic carbocycles. The molecule has 1 aliphatic rings. The van der Waals surface area contributed by atoms with Crippen molar-refractivity contribution in [3.8, 4) is 0 Å². The van der Waals surface area contributed by atoms with E-state index in [9.17, 15) is 4.79 Å². The summed E-state index contributed by atoms with van der Waals surface area (Å²) in [6.45, 7) is 2.10. The Morgan fingerprint density at radius 1 is 1.47 bits per heavy atom. The van der Waals surface area contributed by atoms with Crippen molar-refractivity contribution in [3.05, 3.63) is 33.8 Å². The van der Waals surface area contributed by atoms with Gasteiger partial charge in [0.25, 0.3) is 0 Å². The average Bonchev–Trinajstić information content (AvgIpc) is 2.91. The largest absolute Gasteiger partial charge is 0.299 e. The van der Waals surface area contributed by atoms with Crippen LogP contribution in [0.25, 0.3) is 0 Å². The summed E-state index contributed by atoms with van der Waals surface area (Å²) in [6, 6.07) is 5.42. The Bertz CT molecular complexity index is 401. The lowest BCUT2D eigenvalue weighted by Gasteiger charge is -2.04. The predicted octanol–water partition coefficient (Wildman–Crippen LogP) is 3.76. The van der Waals surface area contributed by atoms with Gasteiger partial charge in [-0.3, -0.25) is 4.79 Å². The van der Waals surface area contributed by atoms with Gasteiger partial charge in [0.2, 0.25) is 0 Å². The van der Waals surface area contributed by atoms with Gasteiger partial charge in [-0.2, -0.15) is 0 Å². The molecule has 2 rings (SSSR count). The molecule has 15 heavy (non-hydrogen) atoms. The molecule has 80 valence electrons. The molecule has 0 aliphatic heterocycles. The topological polar surface area (TPSA) is 17.1 Å². The molecule has 2 unspecified atom stereocenters. The second kappa shape index (κ2) is 4.15. The fourth-order valence-corrected chi connectivity index (χ4v) is 2.16. The van der Waals surface area contributed by atoms with Crippen LogP contribution in [0, 0.1) is 11.8 Å². The summed E-state index contributed by atoms with van der Waals surface area (Å²) in [6.07, 6.45) is 1.44. The van der Waals surface area contributed by atoms with Gasteiger partial charge in [0.15, 0.2) is 0 Å². The van der Waals surface area contributed by atoms with Crippen LogP contribution in [0.5, 0.6) is 0 Å². The lowest BCUT2D eigenvalue weighted by molar-refractivity contribution is -0.119. The summed E-state index contributed by atoms with van der Waals surface area (Å²) in [5, 5.41) is 1.03. The first kappa shape index (κ1) is 11.0. The van der Waals surface area contributed by atoms with Crippen molar-refractivity contribution < 1.29 is 4.79 Å². The minimum atomic E-state index is 0.250. The molecular formula is C12H12Cl2O. The second-order valence-corrected chi connectivity index (χ2v) is 4.96. The van der Waals surface area contributed by atoms with E-state index in [0.29, 0.717) is 22.4 Å². The number of hydrogen-bond donors (Lipinski definition) is 0. The van der Waals surface area contributed by atoms with Crippen LogP contribution >= 0.6 is 23.2 Å². The van der Waals surface area contributed by atoms with Crippen molar-refractivity contribution in [2.75, 3.05) is 0 Å². The fourth-order valence-electron chi connectivity index (χ4n) is 1.77. The molecule has 0 radical (unpaired) electrons. The molecule has 0 amide bonds. The zero-order chi connectivity index (χ0) is 11.0. The van der Waals surface area contributed by atoms with Crippen LogP contribution in [0.4, 0.5) is 0 Å². The molecule has 0 heterocycles. The number of ketones is 1. The van der Waals surface area contributed by atoms with Gasteiger partial charge in [0.1, 0.15) is 5.78 Å². The van der Waals surface area contributed by atoms with E-state index in [4.69, 9.17) is 23.2 Å². The number of carbonyl (C=O) groups excluding carboxylic acids is 1. The number of rotatable bonds is 3. The standard InChI is InChI=1S/C12H12Cl2O/c1-7-5-9(7)11(15)6-8-3-2-4-10(13)12(8)14/h2-4,7,9H,5-6H2,1H3. The summed E-state index contributed by atoms with van der Waals surface area (Å²) >= 11 is 11.9. The second-order valence-electron chi connectivity index (χ2n) is 4.18. The molecule has 3 heteroatoms. The summed E-state index contributed by atoms with van der Waals surface area (Å²) in [7, 11) is 0. The Balaban J connectivity index is 2.10. The molecule has 1 fully saturated rings. The van der Waals surface area contributed by atoms with E-state index in [0.717, 1.165) is 12.0 Å². The predicted molar refractivity (Wildman–Crippen MR) is 62.4 cm³/mol. The van der Waals surface area contributed by atoms with E-state index in [-0.39, 0.29) is 11.7 Å². The lowest BCUT2D eigenvalue weighted by atomic mass is 10.1. The number of Topliss-reactive ketones (excluding diaryl/α,β-unsaturated/α-hetero) is 1. The van der Waals surface area contributed by atoms with Crippen LogP contribution in [0.3, 0.4) is 0 Å². The maximum absolute atomic E-state index is 11.7. The van der Waals surface area contributed by atoms with Gasteiger partial charge in [-0.1, -0.05) is 42.3 Å². The summed E-state index contributed by atoms with van der Waals surface area (Å²) < 4.78 is 0. The first-order valence-electron chi connectivity index (χ1n) is 5.05. The highest BCUT2D eigenvalue weighted by Crippen LogP contribution is 2.39. The molecule has 0 spiro atoms. The van der Waals surface area contributed by atoms with Gasteiger partial charge in [0, 0.05) is 12.3 Å². The Morgan fingerprint density at radius 3 is 2.73 bits per heavy atom. The number of hydrogen-bond acceptors (Lipinski definition) is 1. The molecule has 0 aromatic heterocycles. The smallest absolute Gasteiger partial charge is 0.140 e. The van der Waals surface area contributed by atoms with E-state index in [1.807, 2.05) is 12.1 Å². The fraction of sp³-hybridized carbons (Fsp3) is 0.417. The van der Waals surface area contributed by atoms with E-state index < -0.39 is 0 Å². The monoisotopic (exact) mass is 242 g/mol. The quantitative estimate of drug-likeness (QED) is 0.789. The van der Waals surface area contributed by atoms with E-state index in [1.54, 1.807) is 6.07 Å². The third-order valence-corrected chi connectivity index (χ3v) is 3.78. The molecule has 1 nitrogen and oxygen atoms in total. The van der Waals surface area contributed by atoms with Crippen LogP contribution in [0.15, 0.2) is 18.2 Å². The third kappa shape index (κ3) is 2.35. The SMILES string of the molecule is CC1CC1C(=O)Cc1cccc(Cl)c1Cl. The van der Waals surface area contributed by atoms with Crippen LogP contribution in [-0.2, 0) is 11.2 Å². The molecule has 1 saturated carbocycles. The molecule has 2 atom stereocenters. The minimum absolute atomic E-state index is 0.250. The van der Waals surface area contributed by atoms with Crippen molar-refractivity contribution >= 4 is 29.0 Å². The maximum Gasteiger partial charge on any atom is 0.140 e. The molecule has 0 N–H and O–H groups in total. The number of carbonyl (C=O) groups is 1. The first-order chi connectivity index (χ1) is 7.09. The minimum Gasteiger partial charge on any atom is -0.299 e. The van der Waals surface area contributed by atoms with E-state index >= 15 is 0 Å². The van der Waals surface area contributed by atoms with Crippen LogP contribution < -0.4 is 0 Å². The molecule has 0 saturated heterocycles. The zero-order valence-corrected chi connectivity index (χ0v) is 9.98. The van der Waals surface area contributed by atoms with Crippen molar-refractivity contribution in [3.63, 3.8) is 0 Å². The summed E-state index contributed by atoms with van der Waals surface area (Å²) in [5.74, 6) is 1.09. The Labute approximate surface area is 99.4 Å². The maximum atomic E-state index is 11.7. The summed E-state index contributed by atoms with van der Waals surface area (Å²) in [5.41, 5.74) is 0.841. The highest BCUT2D eigenvalue weighted by Gasteiger charge is 2.38. The molecular weight excluding hydrogens is 231 g/mol. The zero-order valence-electron chi connectivity index (χ0n) is 8.47. The third-order valence-electron chi connectivity index (χ3n) is 2.92. The Kier molecular flexibility index (Phi) is 3.03. The van der Waals surface area contributed by atoms with Crippen LogP contribution in [0.2, 0.25) is 10.0 Å². The van der Waals surface area contributed by atoms with Gasteiger partial charge >= 0.3 is 0 Å². The summed E-state index contributed by atoms with van der Waals surface area (Å²) in [4.78, 5) is 11.7. The average molecular weight is 243 g/mol. The van der Waals surface area contributed by atoms with Gasteiger partial charge in [-0.15, -0.1) is 0 Å². The van der Waals surface area contributed by atoms with Gasteiger partial charge in [0.05, 0.1) is 10.0 Å². The first-order valence-corrected chi connectivity index (χ1v) is 5.80. The van der Waals surface area contributed by atoms with Crippen molar-refractivity contribution in [1.82, 2.24) is 0 Å². The van der Waals surface area contributed by atoms with Crippen molar-refractivity contribution in [1.29, 1.82) is 0 Å². The highest BCUT2D eigenvalue weighted by atomic mass is 35.5. The van der Waals surface area contributed by atoms with Gasteiger partial charge in [-0.05, 0) is 24.0 Å². The number of benzene rings is 1. The van der Waals surface area contributed by atoms with Crippen molar-refractivity contribution in [2.24, 2.45) is 11.8 Å². The normalized spacial score (nSPS) is 23.9. The van der Waals surface area contributed by atoms with E-state index in [2.05, 4.69) is 6.92 Å². The molecule has 1 aromatic rings. The Hall–Kier alpha value is -0.530. The van der Waals surface area contributed by atoms with Crippen molar-refractivity contribution in [2.45, 2.75) is 19.8 Å². The highest BCUT2D eigenvalue weighted by molar-refractivity contribution is 6.42. The number of halogens is 2. The lowest BCUT2D eigenvalue weighted by Crippen LogP contribution is -2.06. The van der Waals surface area contributed by atoms with E-state index in [1.165, 1.54) is 0 Å². The Morgan fingerprint density at radius 2 is 2.13 bits per heavy atom. The van der Waals surface area contributed by atoms with Gasteiger partial charge in [-0.25, -0.2) is 0 Å². The van der Waals surface area contributed by atoms with Crippen LogP contribution in [0.1, 0.15) is 18.9 Å². The van der Waals surface area contributed by atoms with Gasteiger partial charge < -0.3 is 0 Å².